The van der Waals surface area contributed by atoms with Gasteiger partial charge in [0.15, 0.2) is 0 Å². The van der Waals surface area contributed by atoms with E-state index in [0.29, 0.717) is 29.7 Å². The van der Waals surface area contributed by atoms with Gasteiger partial charge >= 0.3 is 0 Å². The zero-order valence-corrected chi connectivity index (χ0v) is 15.7. The molecular weight excluding hydrogens is 399 g/mol. The van der Waals surface area contributed by atoms with Crippen molar-refractivity contribution in [1.29, 1.82) is 0 Å². The second-order valence-electron chi connectivity index (χ2n) is 6.33. The molecule has 1 amide bonds. The number of aromatic nitrogens is 2. The van der Waals surface area contributed by atoms with Gasteiger partial charge < -0.3 is 14.8 Å². The molecule has 0 bridgehead atoms. The molecule has 0 atom stereocenters. The Bertz CT molecular complexity index is 925. The SMILES string of the molecule is O=C(c1cc(F)ccc1Br)N1CCCN(c2nc3ccccc3[nH]2)CC1. The third-order valence-corrected chi connectivity index (χ3v) is 5.31. The van der Waals surface area contributed by atoms with Crippen LogP contribution in [-0.4, -0.2) is 47.0 Å². The summed E-state index contributed by atoms with van der Waals surface area (Å²) in [5.41, 5.74) is 2.30. The van der Waals surface area contributed by atoms with Crippen molar-refractivity contribution in [3.8, 4) is 0 Å². The monoisotopic (exact) mass is 416 g/mol. The van der Waals surface area contributed by atoms with E-state index >= 15 is 0 Å². The summed E-state index contributed by atoms with van der Waals surface area (Å²) in [6, 6.07) is 12.1. The van der Waals surface area contributed by atoms with E-state index in [9.17, 15) is 9.18 Å². The number of H-pyrrole nitrogens is 1. The Hall–Kier alpha value is -2.41. The number of nitrogens with zero attached hydrogens (tertiary/aromatic N) is 3. The van der Waals surface area contributed by atoms with Crippen LogP contribution in [0.1, 0.15) is 16.8 Å². The van der Waals surface area contributed by atoms with Gasteiger partial charge in [0.1, 0.15) is 5.82 Å². The Morgan fingerprint density at radius 3 is 2.81 bits per heavy atom. The smallest absolute Gasteiger partial charge is 0.255 e. The highest BCUT2D eigenvalue weighted by Gasteiger charge is 2.23. The molecular formula is C19H18BrFN4O. The minimum absolute atomic E-state index is 0.150. The molecule has 1 saturated heterocycles. The van der Waals surface area contributed by atoms with Crippen LogP contribution >= 0.6 is 15.9 Å². The Morgan fingerprint density at radius 1 is 1.12 bits per heavy atom. The number of aromatic amines is 1. The van der Waals surface area contributed by atoms with Crippen LogP contribution in [0, 0.1) is 5.82 Å². The minimum Gasteiger partial charge on any atom is -0.341 e. The van der Waals surface area contributed by atoms with E-state index in [1.807, 2.05) is 24.3 Å². The molecule has 26 heavy (non-hydrogen) atoms. The van der Waals surface area contributed by atoms with Gasteiger partial charge in [-0.1, -0.05) is 12.1 Å². The number of amides is 1. The van der Waals surface area contributed by atoms with Gasteiger partial charge in [-0.05, 0) is 52.7 Å². The van der Waals surface area contributed by atoms with Crippen molar-refractivity contribution in [2.45, 2.75) is 6.42 Å². The molecule has 2 aromatic carbocycles. The number of carbonyl (C=O) groups excluding carboxylic acids is 1. The van der Waals surface area contributed by atoms with E-state index in [2.05, 4.69) is 30.8 Å². The quantitative estimate of drug-likeness (QED) is 0.690. The lowest BCUT2D eigenvalue weighted by Gasteiger charge is -2.22. The molecule has 1 aliphatic heterocycles. The number of para-hydroxylation sites is 2. The molecule has 134 valence electrons. The number of fused-ring (bicyclic) bond motifs is 1. The molecule has 0 spiro atoms. The van der Waals surface area contributed by atoms with Gasteiger partial charge in [0.2, 0.25) is 5.95 Å². The molecule has 2 heterocycles. The summed E-state index contributed by atoms with van der Waals surface area (Å²) in [5.74, 6) is 0.269. The van der Waals surface area contributed by atoms with E-state index < -0.39 is 5.82 Å². The van der Waals surface area contributed by atoms with E-state index in [4.69, 9.17) is 0 Å². The van der Waals surface area contributed by atoms with Crippen LogP contribution in [-0.2, 0) is 0 Å². The summed E-state index contributed by atoms with van der Waals surface area (Å²) in [6.45, 7) is 2.70. The molecule has 5 nitrogen and oxygen atoms in total. The number of anilines is 1. The predicted octanol–water partition coefficient (Wildman–Crippen LogP) is 3.82. The lowest BCUT2D eigenvalue weighted by molar-refractivity contribution is 0.0765. The summed E-state index contributed by atoms with van der Waals surface area (Å²) >= 11 is 3.35. The second-order valence-corrected chi connectivity index (χ2v) is 7.19. The van der Waals surface area contributed by atoms with Crippen molar-refractivity contribution in [3.63, 3.8) is 0 Å². The van der Waals surface area contributed by atoms with Crippen LogP contribution in [0.15, 0.2) is 46.9 Å². The molecule has 0 unspecified atom stereocenters. The Balaban J connectivity index is 1.51. The van der Waals surface area contributed by atoms with Crippen LogP contribution in [0.3, 0.4) is 0 Å². The van der Waals surface area contributed by atoms with Gasteiger partial charge in [0.25, 0.3) is 5.91 Å². The number of carbonyl (C=O) groups is 1. The highest BCUT2D eigenvalue weighted by Crippen LogP contribution is 2.22. The van der Waals surface area contributed by atoms with Gasteiger partial charge in [-0.3, -0.25) is 4.79 Å². The molecule has 0 aliphatic carbocycles. The fourth-order valence-electron chi connectivity index (χ4n) is 3.25. The number of nitrogens with one attached hydrogen (secondary N) is 1. The summed E-state index contributed by atoms with van der Waals surface area (Å²) in [7, 11) is 0. The fourth-order valence-corrected chi connectivity index (χ4v) is 3.67. The molecule has 1 aliphatic rings. The lowest BCUT2D eigenvalue weighted by atomic mass is 10.2. The van der Waals surface area contributed by atoms with Gasteiger partial charge in [-0.15, -0.1) is 0 Å². The van der Waals surface area contributed by atoms with Crippen LogP contribution < -0.4 is 4.90 Å². The normalized spacial score (nSPS) is 15.3. The fraction of sp³-hybridized carbons (Fsp3) is 0.263. The number of benzene rings is 2. The molecule has 1 fully saturated rings. The zero-order valence-electron chi connectivity index (χ0n) is 14.1. The first kappa shape index (κ1) is 17.0. The average molecular weight is 417 g/mol. The van der Waals surface area contributed by atoms with Crippen LogP contribution in [0.4, 0.5) is 10.3 Å². The Morgan fingerprint density at radius 2 is 1.96 bits per heavy atom. The second kappa shape index (κ2) is 7.07. The van der Waals surface area contributed by atoms with E-state index in [-0.39, 0.29) is 5.91 Å². The molecule has 0 saturated carbocycles. The van der Waals surface area contributed by atoms with Crippen LogP contribution in [0.2, 0.25) is 0 Å². The summed E-state index contributed by atoms with van der Waals surface area (Å²) < 4.78 is 14.1. The highest BCUT2D eigenvalue weighted by molar-refractivity contribution is 9.10. The van der Waals surface area contributed by atoms with E-state index in [1.165, 1.54) is 12.1 Å². The highest BCUT2D eigenvalue weighted by atomic mass is 79.9. The number of hydrogen-bond acceptors (Lipinski definition) is 3. The first-order valence-corrected chi connectivity index (χ1v) is 9.35. The minimum atomic E-state index is -0.407. The zero-order chi connectivity index (χ0) is 18.1. The molecule has 1 N–H and O–H groups in total. The van der Waals surface area contributed by atoms with Crippen molar-refractivity contribution < 1.29 is 9.18 Å². The lowest BCUT2D eigenvalue weighted by Crippen LogP contribution is -2.35. The maximum absolute atomic E-state index is 13.5. The van der Waals surface area contributed by atoms with Crippen molar-refractivity contribution in [2.24, 2.45) is 0 Å². The maximum Gasteiger partial charge on any atom is 0.255 e. The van der Waals surface area contributed by atoms with Gasteiger partial charge in [0.05, 0.1) is 16.6 Å². The van der Waals surface area contributed by atoms with Crippen molar-refractivity contribution in [2.75, 3.05) is 31.1 Å². The molecule has 0 radical (unpaired) electrons. The third kappa shape index (κ3) is 3.31. The number of imidazole rings is 1. The molecule has 7 heteroatoms. The maximum atomic E-state index is 13.5. The van der Waals surface area contributed by atoms with Gasteiger partial charge in [-0.2, -0.15) is 0 Å². The van der Waals surface area contributed by atoms with Crippen molar-refractivity contribution in [3.05, 3.63) is 58.3 Å². The summed E-state index contributed by atoms with van der Waals surface area (Å²) in [6.07, 6.45) is 0.829. The Labute approximate surface area is 158 Å². The Kier molecular flexibility index (Phi) is 4.63. The number of rotatable bonds is 2. The van der Waals surface area contributed by atoms with Crippen molar-refractivity contribution in [1.82, 2.24) is 14.9 Å². The molecule has 1 aromatic heterocycles. The number of halogens is 2. The summed E-state index contributed by atoms with van der Waals surface area (Å²) in [4.78, 5) is 24.7. The number of hydrogen-bond donors (Lipinski definition) is 1. The standard InChI is InChI=1S/C19H18BrFN4O/c20-15-7-6-13(21)12-14(15)18(26)24-8-3-9-25(11-10-24)19-22-16-4-1-2-5-17(16)23-19/h1-2,4-7,12H,3,8-11H2,(H,22,23). The molecule has 4 rings (SSSR count). The predicted molar refractivity (Wildman–Crippen MR) is 103 cm³/mol. The van der Waals surface area contributed by atoms with E-state index in [0.717, 1.165) is 29.9 Å². The van der Waals surface area contributed by atoms with Crippen molar-refractivity contribution >= 4 is 38.8 Å². The topological polar surface area (TPSA) is 52.2 Å². The van der Waals surface area contributed by atoms with Crippen LogP contribution in [0.5, 0.6) is 0 Å². The average Bonchev–Trinajstić information content (AvgIpc) is 2.92. The van der Waals surface area contributed by atoms with Crippen LogP contribution in [0.25, 0.3) is 11.0 Å². The third-order valence-electron chi connectivity index (χ3n) is 4.62. The first-order chi connectivity index (χ1) is 12.6. The largest absolute Gasteiger partial charge is 0.341 e. The van der Waals surface area contributed by atoms with Gasteiger partial charge in [0, 0.05) is 30.7 Å². The molecule has 3 aromatic rings. The van der Waals surface area contributed by atoms with E-state index in [1.54, 1.807) is 11.0 Å². The van der Waals surface area contributed by atoms with Gasteiger partial charge in [-0.25, -0.2) is 9.37 Å². The first-order valence-electron chi connectivity index (χ1n) is 8.56. The summed E-state index contributed by atoms with van der Waals surface area (Å²) in [5, 5.41) is 0.